The van der Waals surface area contributed by atoms with E-state index in [2.05, 4.69) is 16.0 Å². The highest BCUT2D eigenvalue weighted by atomic mass is 32.1. The lowest BCUT2D eigenvalue weighted by molar-refractivity contribution is -0.139. The molecule has 1 aromatic carbocycles. The predicted molar refractivity (Wildman–Crippen MR) is 138 cm³/mol. The van der Waals surface area contributed by atoms with E-state index in [9.17, 15) is 9.59 Å². The Kier molecular flexibility index (Phi) is 7.20. The molecule has 0 bridgehead atoms. The molecule has 0 unspecified atom stereocenters. The maximum Gasteiger partial charge on any atom is 0.246 e. The molecule has 186 valence electrons. The number of para-hydroxylation sites is 1. The van der Waals surface area contributed by atoms with Crippen molar-refractivity contribution in [2.45, 2.75) is 70.0 Å². The van der Waals surface area contributed by atoms with E-state index in [0.717, 1.165) is 65.8 Å². The number of aromatic nitrogens is 1. The molecule has 2 aromatic heterocycles. The highest BCUT2D eigenvalue weighted by Gasteiger charge is 2.40. The standard InChI is InChI=1S/C27H34N4O3S/c1-17(28-2)25(32)30-24(18-9-4-3-5-10-18)27(33)31-14-8-12-22(31)26-29-21(16-35-26)20-15-34-23-13-7-6-11-19(20)23/h6-7,11,13,15-18,22,24,28H,3-5,8-10,12,14H2,1-2H3,(H,30,32)/t17-,22-,24-/m0/s1. The van der Waals surface area contributed by atoms with Gasteiger partial charge < -0.3 is 20.0 Å². The molecule has 7 nitrogen and oxygen atoms in total. The Morgan fingerprint density at radius 1 is 1.14 bits per heavy atom. The molecule has 35 heavy (non-hydrogen) atoms. The first kappa shape index (κ1) is 24.0. The Morgan fingerprint density at radius 2 is 1.94 bits per heavy atom. The highest BCUT2D eigenvalue weighted by Crippen LogP contribution is 2.39. The summed E-state index contributed by atoms with van der Waals surface area (Å²) in [6, 6.07) is 7.10. The lowest BCUT2D eigenvalue weighted by atomic mass is 9.83. The summed E-state index contributed by atoms with van der Waals surface area (Å²) in [7, 11) is 1.77. The molecule has 2 amide bonds. The van der Waals surface area contributed by atoms with Crippen molar-refractivity contribution in [3.63, 3.8) is 0 Å². The summed E-state index contributed by atoms with van der Waals surface area (Å²) in [6.07, 6.45) is 9.00. The number of likely N-dealkylation sites (tertiary alicyclic amines) is 1. The van der Waals surface area contributed by atoms with Crippen LogP contribution >= 0.6 is 11.3 Å². The van der Waals surface area contributed by atoms with Crippen LogP contribution in [0.25, 0.3) is 22.2 Å². The monoisotopic (exact) mass is 494 g/mol. The van der Waals surface area contributed by atoms with E-state index in [4.69, 9.17) is 9.40 Å². The largest absolute Gasteiger partial charge is 0.464 e. The fourth-order valence-corrected chi connectivity index (χ4v) is 6.43. The number of carbonyl (C=O) groups excluding carboxylic acids is 2. The molecule has 2 aliphatic rings. The number of likely N-dealkylation sites (N-methyl/N-ethyl adjacent to an activating group) is 1. The van der Waals surface area contributed by atoms with Crippen molar-refractivity contribution in [3.05, 3.63) is 40.9 Å². The number of rotatable bonds is 7. The van der Waals surface area contributed by atoms with Crippen LogP contribution in [0.1, 0.15) is 62.9 Å². The highest BCUT2D eigenvalue weighted by molar-refractivity contribution is 7.10. The van der Waals surface area contributed by atoms with Gasteiger partial charge in [-0.25, -0.2) is 4.98 Å². The van der Waals surface area contributed by atoms with E-state index in [1.54, 1.807) is 24.6 Å². The van der Waals surface area contributed by atoms with Crippen molar-refractivity contribution >= 4 is 34.1 Å². The maximum atomic E-state index is 13.9. The van der Waals surface area contributed by atoms with Crippen LogP contribution in [0.2, 0.25) is 0 Å². The summed E-state index contributed by atoms with van der Waals surface area (Å²) in [4.78, 5) is 33.6. The van der Waals surface area contributed by atoms with Gasteiger partial charge in [0, 0.05) is 22.9 Å². The molecule has 2 fully saturated rings. The lowest BCUT2D eigenvalue weighted by Crippen LogP contribution is -2.55. The third kappa shape index (κ3) is 4.86. The molecule has 2 N–H and O–H groups in total. The number of furan rings is 1. The summed E-state index contributed by atoms with van der Waals surface area (Å²) >= 11 is 1.60. The molecular weight excluding hydrogens is 460 g/mol. The third-order valence-electron chi connectivity index (χ3n) is 7.61. The fourth-order valence-electron chi connectivity index (χ4n) is 5.46. The van der Waals surface area contributed by atoms with E-state index < -0.39 is 6.04 Å². The zero-order valence-electron chi connectivity index (χ0n) is 20.5. The topological polar surface area (TPSA) is 87.5 Å². The van der Waals surface area contributed by atoms with Crippen molar-refractivity contribution in [2.75, 3.05) is 13.6 Å². The van der Waals surface area contributed by atoms with Crippen molar-refractivity contribution in [2.24, 2.45) is 5.92 Å². The summed E-state index contributed by atoms with van der Waals surface area (Å²) in [5.74, 6) is 0.117. The number of thiazole rings is 1. The molecule has 1 saturated carbocycles. The van der Waals surface area contributed by atoms with Gasteiger partial charge in [-0.2, -0.15) is 0 Å². The van der Waals surface area contributed by atoms with Crippen molar-refractivity contribution in [1.82, 2.24) is 20.5 Å². The van der Waals surface area contributed by atoms with Gasteiger partial charge in [0.05, 0.1) is 17.8 Å². The molecule has 1 saturated heterocycles. The predicted octanol–water partition coefficient (Wildman–Crippen LogP) is 4.89. The molecule has 5 rings (SSSR count). The smallest absolute Gasteiger partial charge is 0.246 e. The number of benzene rings is 1. The second-order valence-corrected chi connectivity index (χ2v) is 10.7. The Balaban J connectivity index is 1.38. The van der Waals surface area contributed by atoms with Gasteiger partial charge in [0.15, 0.2) is 0 Å². The third-order valence-corrected chi connectivity index (χ3v) is 8.56. The number of hydrogen-bond donors (Lipinski definition) is 2. The minimum absolute atomic E-state index is 0.0431. The minimum atomic E-state index is -0.476. The first-order chi connectivity index (χ1) is 17.1. The van der Waals surface area contributed by atoms with Crippen LogP contribution < -0.4 is 10.6 Å². The van der Waals surface area contributed by atoms with E-state index in [0.29, 0.717) is 6.54 Å². The van der Waals surface area contributed by atoms with E-state index in [1.165, 1.54) is 6.42 Å². The number of nitrogens with one attached hydrogen (secondary N) is 2. The Morgan fingerprint density at radius 3 is 2.74 bits per heavy atom. The summed E-state index contributed by atoms with van der Waals surface area (Å²) in [5, 5.41) is 10.2. The van der Waals surface area contributed by atoms with Crippen molar-refractivity contribution in [3.8, 4) is 11.3 Å². The molecule has 1 aliphatic heterocycles. The number of fused-ring (bicyclic) bond motifs is 1. The SMILES string of the molecule is CN[C@@H](C)C(=O)N[C@H](C(=O)N1CCC[C@H]1c1nc(-c2coc3ccccc23)cs1)C1CCCCC1. The summed E-state index contributed by atoms with van der Waals surface area (Å²) in [5.41, 5.74) is 2.71. The number of amides is 2. The van der Waals surface area contributed by atoms with Crippen LogP contribution in [0.15, 0.2) is 40.3 Å². The maximum absolute atomic E-state index is 13.9. The number of hydrogen-bond acceptors (Lipinski definition) is 6. The Hall–Kier alpha value is -2.71. The quantitative estimate of drug-likeness (QED) is 0.488. The molecule has 1 aliphatic carbocycles. The average molecular weight is 495 g/mol. The second-order valence-electron chi connectivity index (χ2n) is 9.80. The molecular formula is C27H34N4O3S. The van der Waals surface area contributed by atoms with Gasteiger partial charge in [0.1, 0.15) is 22.9 Å². The van der Waals surface area contributed by atoms with Gasteiger partial charge in [0.25, 0.3) is 0 Å². The van der Waals surface area contributed by atoms with Crippen molar-refractivity contribution in [1.29, 1.82) is 0 Å². The van der Waals surface area contributed by atoms with Crippen LogP contribution in [-0.2, 0) is 9.59 Å². The molecule has 3 heterocycles. The molecule has 3 aromatic rings. The van der Waals surface area contributed by atoms with Crippen LogP contribution in [0.4, 0.5) is 0 Å². The lowest BCUT2D eigenvalue weighted by Gasteiger charge is -2.35. The fraction of sp³-hybridized carbons (Fsp3) is 0.519. The zero-order chi connectivity index (χ0) is 24.4. The summed E-state index contributed by atoms with van der Waals surface area (Å²) in [6.45, 7) is 2.53. The van der Waals surface area contributed by atoms with Crippen LogP contribution in [0.3, 0.4) is 0 Å². The number of carbonyl (C=O) groups is 2. The first-order valence-electron chi connectivity index (χ1n) is 12.8. The Bertz CT molecular complexity index is 1180. The molecule has 3 atom stereocenters. The van der Waals surface area contributed by atoms with Crippen LogP contribution in [0.5, 0.6) is 0 Å². The minimum Gasteiger partial charge on any atom is -0.464 e. The van der Waals surface area contributed by atoms with Gasteiger partial charge in [-0.1, -0.05) is 37.5 Å². The summed E-state index contributed by atoms with van der Waals surface area (Å²) < 4.78 is 5.72. The van der Waals surface area contributed by atoms with Crippen molar-refractivity contribution < 1.29 is 14.0 Å². The average Bonchev–Trinajstić information content (AvgIpc) is 3.65. The van der Waals surface area contributed by atoms with Crippen LogP contribution in [0, 0.1) is 5.92 Å². The molecule has 0 spiro atoms. The zero-order valence-corrected chi connectivity index (χ0v) is 21.3. The van der Waals surface area contributed by atoms with E-state index in [1.807, 2.05) is 36.1 Å². The second kappa shape index (κ2) is 10.5. The normalized spacial score (nSPS) is 20.7. The van der Waals surface area contributed by atoms with Gasteiger partial charge in [-0.15, -0.1) is 11.3 Å². The van der Waals surface area contributed by atoms with Gasteiger partial charge in [-0.05, 0) is 51.6 Å². The Labute approximate surface area is 210 Å². The van der Waals surface area contributed by atoms with Gasteiger partial charge in [-0.3, -0.25) is 9.59 Å². The van der Waals surface area contributed by atoms with Crippen LogP contribution in [-0.4, -0.2) is 47.4 Å². The number of nitrogens with zero attached hydrogens (tertiary/aromatic N) is 2. The first-order valence-corrected chi connectivity index (χ1v) is 13.6. The molecule has 0 radical (unpaired) electrons. The van der Waals surface area contributed by atoms with E-state index >= 15 is 0 Å². The van der Waals surface area contributed by atoms with Gasteiger partial charge >= 0.3 is 0 Å². The van der Waals surface area contributed by atoms with Gasteiger partial charge in [0.2, 0.25) is 11.8 Å². The van der Waals surface area contributed by atoms with E-state index in [-0.39, 0.29) is 29.8 Å². The molecule has 8 heteroatoms.